The number of hydrogen-bond acceptors (Lipinski definition) is 4. The molecule has 132 valence electrons. The first kappa shape index (κ1) is 17.7. The lowest BCUT2D eigenvalue weighted by atomic mass is 10.0. The summed E-state index contributed by atoms with van der Waals surface area (Å²) >= 11 is 6.24. The van der Waals surface area contributed by atoms with Crippen LogP contribution in [0.4, 0.5) is 0 Å². The van der Waals surface area contributed by atoms with E-state index in [1.807, 2.05) is 55.5 Å². The predicted octanol–water partition coefficient (Wildman–Crippen LogP) is 3.13. The van der Waals surface area contributed by atoms with Crippen molar-refractivity contribution in [2.45, 2.75) is 31.5 Å². The summed E-state index contributed by atoms with van der Waals surface area (Å²) in [6.45, 7) is 1.97. The van der Waals surface area contributed by atoms with E-state index in [-0.39, 0.29) is 24.0 Å². The molecule has 0 aromatic heterocycles. The van der Waals surface area contributed by atoms with E-state index < -0.39 is 0 Å². The van der Waals surface area contributed by atoms with Gasteiger partial charge in [-0.05, 0) is 42.7 Å². The maximum absolute atomic E-state index is 12.5. The summed E-state index contributed by atoms with van der Waals surface area (Å²) in [4.78, 5) is 12.5. The van der Waals surface area contributed by atoms with Crippen molar-refractivity contribution in [2.75, 3.05) is 7.11 Å². The summed E-state index contributed by atoms with van der Waals surface area (Å²) in [5, 5.41) is 3.75. The van der Waals surface area contributed by atoms with Crippen molar-refractivity contribution in [3.05, 3.63) is 64.7 Å². The third kappa shape index (κ3) is 4.12. The molecule has 1 amide bonds. The smallest absolute Gasteiger partial charge is 0.239 e. The molecular formula is C19H22ClN3O2. The molecule has 5 nitrogen and oxygen atoms in total. The van der Waals surface area contributed by atoms with Gasteiger partial charge in [-0.2, -0.15) is 0 Å². The minimum absolute atomic E-state index is 0.0146. The highest BCUT2D eigenvalue weighted by Crippen LogP contribution is 2.28. The van der Waals surface area contributed by atoms with Crippen molar-refractivity contribution in [2.24, 2.45) is 0 Å². The highest BCUT2D eigenvalue weighted by atomic mass is 35.5. The van der Waals surface area contributed by atoms with E-state index in [4.69, 9.17) is 16.3 Å². The molecule has 3 atom stereocenters. The van der Waals surface area contributed by atoms with Crippen LogP contribution < -0.4 is 20.9 Å². The maximum atomic E-state index is 12.5. The zero-order valence-electron chi connectivity index (χ0n) is 14.3. The van der Waals surface area contributed by atoms with Gasteiger partial charge in [-0.15, -0.1) is 0 Å². The molecule has 1 aliphatic heterocycles. The van der Waals surface area contributed by atoms with Crippen LogP contribution in [0.5, 0.6) is 5.75 Å². The van der Waals surface area contributed by atoms with E-state index in [9.17, 15) is 4.79 Å². The van der Waals surface area contributed by atoms with Gasteiger partial charge in [0.1, 0.15) is 11.8 Å². The van der Waals surface area contributed by atoms with Crippen LogP contribution in [0.2, 0.25) is 5.02 Å². The standard InChI is InChI=1S/C19H22ClN3O2/c1-12(13-7-9-14(25-2)10-8-13)21-19(24)18-11-17(22-23-18)15-5-3-4-6-16(15)20/h3-10,12,17-18,22-23H,11H2,1-2H3,(H,21,24). The first-order chi connectivity index (χ1) is 12.1. The van der Waals surface area contributed by atoms with Gasteiger partial charge >= 0.3 is 0 Å². The molecule has 0 aliphatic carbocycles. The Bertz CT molecular complexity index is 736. The summed E-state index contributed by atoms with van der Waals surface area (Å²) < 4.78 is 5.16. The van der Waals surface area contributed by atoms with Crippen molar-refractivity contribution in [1.29, 1.82) is 0 Å². The van der Waals surface area contributed by atoms with Crippen LogP contribution >= 0.6 is 11.6 Å². The predicted molar refractivity (Wildman–Crippen MR) is 98.4 cm³/mol. The lowest BCUT2D eigenvalue weighted by molar-refractivity contribution is -0.123. The molecule has 3 unspecified atom stereocenters. The average molecular weight is 360 g/mol. The number of benzene rings is 2. The topological polar surface area (TPSA) is 62.4 Å². The highest BCUT2D eigenvalue weighted by Gasteiger charge is 2.31. The summed E-state index contributed by atoms with van der Waals surface area (Å²) in [5.41, 5.74) is 8.25. The number of nitrogens with one attached hydrogen (secondary N) is 3. The second-order valence-corrected chi connectivity index (χ2v) is 6.56. The monoisotopic (exact) mass is 359 g/mol. The van der Waals surface area contributed by atoms with Crippen molar-refractivity contribution in [3.8, 4) is 5.75 Å². The van der Waals surface area contributed by atoms with Gasteiger partial charge in [0.25, 0.3) is 0 Å². The van der Waals surface area contributed by atoms with Crippen LogP contribution in [0.25, 0.3) is 0 Å². The Labute approximate surface area is 152 Å². The molecule has 0 bridgehead atoms. The van der Waals surface area contributed by atoms with Crippen LogP contribution in [0, 0.1) is 0 Å². The van der Waals surface area contributed by atoms with Crippen molar-refractivity contribution >= 4 is 17.5 Å². The molecular weight excluding hydrogens is 338 g/mol. The van der Waals surface area contributed by atoms with E-state index in [0.29, 0.717) is 11.4 Å². The largest absolute Gasteiger partial charge is 0.497 e. The van der Waals surface area contributed by atoms with Crippen LogP contribution in [0.15, 0.2) is 48.5 Å². The normalized spacial score (nSPS) is 20.9. The Morgan fingerprint density at radius 3 is 2.60 bits per heavy atom. The Kier molecular flexibility index (Phi) is 5.58. The van der Waals surface area contributed by atoms with Gasteiger partial charge in [0.2, 0.25) is 5.91 Å². The molecule has 25 heavy (non-hydrogen) atoms. The van der Waals surface area contributed by atoms with Crippen LogP contribution in [0.3, 0.4) is 0 Å². The number of methoxy groups -OCH3 is 1. The SMILES string of the molecule is COc1ccc(C(C)NC(=O)C2CC(c3ccccc3Cl)NN2)cc1. The van der Waals surface area contributed by atoms with E-state index in [0.717, 1.165) is 16.9 Å². The summed E-state index contributed by atoms with van der Waals surface area (Å²) in [6.07, 6.45) is 0.644. The van der Waals surface area contributed by atoms with Gasteiger partial charge in [0, 0.05) is 11.1 Å². The van der Waals surface area contributed by atoms with E-state index in [1.54, 1.807) is 7.11 Å². The first-order valence-corrected chi connectivity index (χ1v) is 8.66. The second-order valence-electron chi connectivity index (χ2n) is 6.15. The highest BCUT2D eigenvalue weighted by molar-refractivity contribution is 6.31. The lowest BCUT2D eigenvalue weighted by Gasteiger charge is -2.17. The molecule has 2 aromatic carbocycles. The number of carbonyl (C=O) groups is 1. The van der Waals surface area contributed by atoms with Crippen molar-refractivity contribution in [1.82, 2.24) is 16.2 Å². The lowest BCUT2D eigenvalue weighted by Crippen LogP contribution is -2.43. The van der Waals surface area contributed by atoms with Gasteiger partial charge in [-0.3, -0.25) is 4.79 Å². The van der Waals surface area contributed by atoms with Gasteiger partial charge in [-0.25, -0.2) is 10.9 Å². The van der Waals surface area contributed by atoms with Crippen LogP contribution in [0.1, 0.15) is 36.6 Å². The Balaban J connectivity index is 1.59. The van der Waals surface area contributed by atoms with Crippen molar-refractivity contribution < 1.29 is 9.53 Å². The minimum atomic E-state index is -0.304. The summed E-state index contributed by atoms with van der Waals surface area (Å²) in [6, 6.07) is 15.0. The quantitative estimate of drug-likeness (QED) is 0.767. The minimum Gasteiger partial charge on any atom is -0.497 e. The van der Waals surface area contributed by atoms with E-state index >= 15 is 0 Å². The number of hydrogen-bond donors (Lipinski definition) is 3. The Morgan fingerprint density at radius 1 is 1.20 bits per heavy atom. The van der Waals surface area contributed by atoms with Crippen molar-refractivity contribution in [3.63, 3.8) is 0 Å². The fraction of sp³-hybridized carbons (Fsp3) is 0.316. The molecule has 0 saturated carbocycles. The molecule has 0 radical (unpaired) electrons. The molecule has 1 saturated heterocycles. The number of carbonyl (C=O) groups excluding carboxylic acids is 1. The number of amides is 1. The van der Waals surface area contributed by atoms with Gasteiger partial charge in [-0.1, -0.05) is 41.9 Å². The molecule has 3 N–H and O–H groups in total. The third-order valence-electron chi connectivity index (χ3n) is 4.47. The first-order valence-electron chi connectivity index (χ1n) is 8.28. The molecule has 3 rings (SSSR count). The number of hydrazine groups is 1. The molecule has 0 spiro atoms. The van der Waals surface area contributed by atoms with Crippen LogP contribution in [-0.4, -0.2) is 19.1 Å². The number of halogens is 1. The summed E-state index contributed by atoms with van der Waals surface area (Å²) in [7, 11) is 1.63. The third-order valence-corrected chi connectivity index (χ3v) is 4.82. The zero-order chi connectivity index (χ0) is 17.8. The maximum Gasteiger partial charge on any atom is 0.239 e. The summed E-state index contributed by atoms with van der Waals surface area (Å²) in [5.74, 6) is 0.761. The molecule has 1 aliphatic rings. The van der Waals surface area contributed by atoms with E-state index in [1.165, 1.54) is 0 Å². The molecule has 1 fully saturated rings. The molecule has 6 heteroatoms. The Morgan fingerprint density at radius 2 is 1.92 bits per heavy atom. The van der Waals surface area contributed by atoms with Gasteiger partial charge < -0.3 is 10.1 Å². The fourth-order valence-electron chi connectivity index (χ4n) is 2.98. The zero-order valence-corrected chi connectivity index (χ0v) is 15.0. The number of ether oxygens (including phenoxy) is 1. The fourth-order valence-corrected chi connectivity index (χ4v) is 3.25. The Hall–Kier alpha value is -2.08. The van der Waals surface area contributed by atoms with Gasteiger partial charge in [0.15, 0.2) is 0 Å². The van der Waals surface area contributed by atoms with Crippen LogP contribution in [-0.2, 0) is 4.79 Å². The van der Waals surface area contributed by atoms with E-state index in [2.05, 4.69) is 16.2 Å². The number of rotatable bonds is 5. The second kappa shape index (κ2) is 7.87. The molecule has 1 heterocycles. The average Bonchev–Trinajstić information content (AvgIpc) is 3.12. The van der Waals surface area contributed by atoms with Gasteiger partial charge in [0.05, 0.1) is 13.2 Å². The molecule has 2 aromatic rings.